The lowest BCUT2D eigenvalue weighted by Crippen LogP contribution is -2.46. The van der Waals surface area contributed by atoms with Gasteiger partial charge in [0.1, 0.15) is 4.90 Å². The molecule has 1 aromatic rings. The van der Waals surface area contributed by atoms with Gasteiger partial charge in [0, 0.05) is 19.8 Å². The molecule has 0 aromatic carbocycles. The lowest BCUT2D eigenvalue weighted by atomic mass is 9.68. The first kappa shape index (κ1) is 17.4. The topological polar surface area (TPSA) is 84.2 Å². The molecule has 1 aliphatic rings. The van der Waals surface area contributed by atoms with Crippen LogP contribution in [0.25, 0.3) is 0 Å². The van der Waals surface area contributed by atoms with Gasteiger partial charge in [0.05, 0.1) is 11.8 Å². The van der Waals surface area contributed by atoms with E-state index in [0.717, 1.165) is 12.8 Å². The molecule has 0 saturated heterocycles. The SMILES string of the molecule is Cn1cc(S(=O)(=O)NCC2(O)CCC(C(C)(C)C)CC2)cn1. The van der Waals surface area contributed by atoms with Crippen LogP contribution in [0.15, 0.2) is 17.3 Å². The summed E-state index contributed by atoms with van der Waals surface area (Å²) in [6.45, 7) is 6.70. The van der Waals surface area contributed by atoms with Gasteiger partial charge in [0.15, 0.2) is 0 Å². The molecule has 2 N–H and O–H groups in total. The highest BCUT2D eigenvalue weighted by molar-refractivity contribution is 7.89. The molecule has 1 aromatic heterocycles. The first-order valence-electron chi connectivity index (χ1n) is 7.73. The molecule has 0 unspecified atom stereocenters. The zero-order chi connectivity index (χ0) is 16.6. The van der Waals surface area contributed by atoms with Crippen LogP contribution < -0.4 is 4.72 Å². The summed E-state index contributed by atoms with van der Waals surface area (Å²) in [5.74, 6) is 0.572. The predicted octanol–water partition coefficient (Wildman–Crippen LogP) is 1.67. The number of rotatable bonds is 4. The average Bonchev–Trinajstić information content (AvgIpc) is 2.84. The Balaban J connectivity index is 1.94. The molecule has 1 heterocycles. The quantitative estimate of drug-likeness (QED) is 0.880. The number of hydrogen-bond donors (Lipinski definition) is 2. The smallest absolute Gasteiger partial charge is 0.243 e. The van der Waals surface area contributed by atoms with Gasteiger partial charge in [-0.05, 0) is 37.0 Å². The highest BCUT2D eigenvalue weighted by Crippen LogP contribution is 2.41. The van der Waals surface area contributed by atoms with Crippen LogP contribution in [-0.2, 0) is 17.1 Å². The molecule has 0 amide bonds. The standard InChI is InChI=1S/C15H27N3O3S/c1-14(2,3)12-5-7-15(19,8-6-12)11-17-22(20,21)13-9-16-18(4)10-13/h9-10,12,17,19H,5-8,11H2,1-4H3. The van der Waals surface area contributed by atoms with Crippen LogP contribution >= 0.6 is 0 Å². The number of aromatic nitrogens is 2. The van der Waals surface area contributed by atoms with Gasteiger partial charge in [-0.2, -0.15) is 5.10 Å². The molecule has 0 spiro atoms. The van der Waals surface area contributed by atoms with Crippen LogP contribution in [0.3, 0.4) is 0 Å². The third-order valence-corrected chi connectivity index (χ3v) is 6.08. The summed E-state index contributed by atoms with van der Waals surface area (Å²) in [5.41, 5.74) is -0.715. The molecule has 0 radical (unpaired) electrons. The Bertz CT molecular complexity index is 608. The number of nitrogens with one attached hydrogen (secondary N) is 1. The van der Waals surface area contributed by atoms with Crippen LogP contribution in [-0.4, -0.2) is 35.5 Å². The number of aliphatic hydroxyl groups is 1. The summed E-state index contributed by atoms with van der Waals surface area (Å²) >= 11 is 0. The zero-order valence-electron chi connectivity index (χ0n) is 13.8. The number of aryl methyl sites for hydroxylation is 1. The van der Waals surface area contributed by atoms with Gasteiger partial charge in [-0.1, -0.05) is 20.8 Å². The van der Waals surface area contributed by atoms with E-state index in [1.54, 1.807) is 7.05 Å². The maximum absolute atomic E-state index is 12.2. The van der Waals surface area contributed by atoms with Crippen molar-refractivity contribution in [2.75, 3.05) is 6.54 Å². The second-order valence-corrected chi connectivity index (χ2v) is 9.31. The van der Waals surface area contributed by atoms with Crippen LogP contribution in [0.4, 0.5) is 0 Å². The molecule has 1 saturated carbocycles. The van der Waals surface area contributed by atoms with Crippen LogP contribution in [0, 0.1) is 11.3 Å². The van der Waals surface area contributed by atoms with Gasteiger partial charge in [-0.15, -0.1) is 0 Å². The van der Waals surface area contributed by atoms with Crippen molar-refractivity contribution >= 4 is 10.0 Å². The van der Waals surface area contributed by atoms with E-state index in [2.05, 4.69) is 30.6 Å². The Morgan fingerprint density at radius 3 is 2.45 bits per heavy atom. The largest absolute Gasteiger partial charge is 0.389 e. The minimum atomic E-state index is -3.61. The first-order valence-corrected chi connectivity index (χ1v) is 9.21. The van der Waals surface area contributed by atoms with Crippen LogP contribution in [0.5, 0.6) is 0 Å². The molecule has 1 aliphatic carbocycles. The van der Waals surface area contributed by atoms with E-state index < -0.39 is 15.6 Å². The van der Waals surface area contributed by atoms with Gasteiger partial charge < -0.3 is 5.11 Å². The van der Waals surface area contributed by atoms with E-state index in [-0.39, 0.29) is 16.9 Å². The molecular formula is C15H27N3O3S. The molecular weight excluding hydrogens is 302 g/mol. The molecule has 6 nitrogen and oxygen atoms in total. The highest BCUT2D eigenvalue weighted by Gasteiger charge is 2.38. The van der Waals surface area contributed by atoms with E-state index in [9.17, 15) is 13.5 Å². The lowest BCUT2D eigenvalue weighted by molar-refractivity contribution is -0.0201. The van der Waals surface area contributed by atoms with Gasteiger partial charge in [-0.25, -0.2) is 13.1 Å². The monoisotopic (exact) mass is 329 g/mol. The van der Waals surface area contributed by atoms with E-state index in [1.807, 2.05) is 0 Å². The number of nitrogens with zero attached hydrogens (tertiary/aromatic N) is 2. The Hall–Kier alpha value is -0.920. The molecule has 0 aliphatic heterocycles. The second kappa shape index (κ2) is 5.94. The third kappa shape index (κ3) is 4.08. The van der Waals surface area contributed by atoms with Crippen LogP contribution in [0.2, 0.25) is 0 Å². The van der Waals surface area contributed by atoms with Crippen LogP contribution in [0.1, 0.15) is 46.5 Å². The summed E-state index contributed by atoms with van der Waals surface area (Å²) in [6, 6.07) is 0. The molecule has 1 fully saturated rings. The van der Waals surface area contributed by atoms with Gasteiger partial charge in [-0.3, -0.25) is 4.68 Å². The summed E-state index contributed by atoms with van der Waals surface area (Å²) in [7, 11) is -1.95. The Morgan fingerprint density at radius 1 is 1.41 bits per heavy atom. The second-order valence-electron chi connectivity index (χ2n) is 7.54. The maximum atomic E-state index is 12.2. The number of sulfonamides is 1. The lowest BCUT2D eigenvalue weighted by Gasteiger charge is -2.41. The van der Waals surface area contributed by atoms with Crippen molar-refractivity contribution in [2.24, 2.45) is 18.4 Å². The normalized spacial score (nSPS) is 27.0. The molecule has 0 atom stereocenters. The highest BCUT2D eigenvalue weighted by atomic mass is 32.2. The molecule has 0 bridgehead atoms. The van der Waals surface area contributed by atoms with Crippen molar-refractivity contribution in [3.63, 3.8) is 0 Å². The summed E-state index contributed by atoms with van der Waals surface area (Å²) in [5, 5.41) is 14.5. The molecule has 2 rings (SSSR count). The Labute approximate surface area is 133 Å². The summed E-state index contributed by atoms with van der Waals surface area (Å²) in [6.07, 6.45) is 5.87. The van der Waals surface area contributed by atoms with Crippen molar-refractivity contribution in [2.45, 2.75) is 57.0 Å². The molecule has 7 heteroatoms. The molecule has 126 valence electrons. The van der Waals surface area contributed by atoms with Crippen molar-refractivity contribution in [1.82, 2.24) is 14.5 Å². The molecule has 22 heavy (non-hydrogen) atoms. The fraction of sp³-hybridized carbons (Fsp3) is 0.800. The van der Waals surface area contributed by atoms with Crippen molar-refractivity contribution < 1.29 is 13.5 Å². The maximum Gasteiger partial charge on any atom is 0.243 e. The fourth-order valence-corrected chi connectivity index (χ4v) is 4.15. The van der Waals surface area contributed by atoms with Crippen molar-refractivity contribution in [3.8, 4) is 0 Å². The Kier molecular flexibility index (Phi) is 4.71. The Morgan fingerprint density at radius 2 is 2.00 bits per heavy atom. The van der Waals surface area contributed by atoms with Crippen molar-refractivity contribution in [1.29, 1.82) is 0 Å². The van der Waals surface area contributed by atoms with Gasteiger partial charge >= 0.3 is 0 Å². The van der Waals surface area contributed by atoms with E-state index in [0.29, 0.717) is 18.8 Å². The minimum absolute atomic E-state index is 0.0566. The first-order chi connectivity index (χ1) is 10.0. The van der Waals surface area contributed by atoms with E-state index >= 15 is 0 Å². The fourth-order valence-electron chi connectivity index (χ4n) is 3.05. The van der Waals surface area contributed by atoms with Gasteiger partial charge in [0.2, 0.25) is 10.0 Å². The van der Waals surface area contributed by atoms with Crippen molar-refractivity contribution in [3.05, 3.63) is 12.4 Å². The average molecular weight is 329 g/mol. The summed E-state index contributed by atoms with van der Waals surface area (Å²) < 4.78 is 28.3. The zero-order valence-corrected chi connectivity index (χ0v) is 14.7. The predicted molar refractivity (Wildman–Crippen MR) is 84.8 cm³/mol. The minimum Gasteiger partial charge on any atom is -0.389 e. The number of hydrogen-bond acceptors (Lipinski definition) is 4. The van der Waals surface area contributed by atoms with E-state index in [1.165, 1.54) is 17.1 Å². The third-order valence-electron chi connectivity index (χ3n) is 4.72. The van der Waals surface area contributed by atoms with E-state index in [4.69, 9.17) is 0 Å². The van der Waals surface area contributed by atoms with Gasteiger partial charge in [0.25, 0.3) is 0 Å². The summed E-state index contributed by atoms with van der Waals surface area (Å²) in [4.78, 5) is 0.127.